The number of carbonyl (C=O) groups is 2. The summed E-state index contributed by atoms with van der Waals surface area (Å²) in [6.45, 7) is 3.84. The molecule has 5 heteroatoms. The average molecular weight is 270 g/mol. The van der Waals surface area contributed by atoms with E-state index in [0.717, 1.165) is 22.0 Å². The summed E-state index contributed by atoms with van der Waals surface area (Å²) in [6.07, 6.45) is 2.25. The zero-order valence-corrected chi connectivity index (χ0v) is 11.0. The summed E-state index contributed by atoms with van der Waals surface area (Å²) >= 11 is 0. The molecule has 1 aliphatic heterocycles. The second-order valence-electron chi connectivity index (χ2n) is 4.77. The summed E-state index contributed by atoms with van der Waals surface area (Å²) in [5.74, 6) is -0.806. The standard InChI is InChI=1S/C15H14N2O3/c1-8-10-4-3-5-11-13(10)9(7-16-11)6-12(15(19)20-2)17-14(8)18/h3-5,7,12,16H,1,6H2,2H3,(H,17,18)/t12-/m0/s1. The van der Waals surface area contributed by atoms with E-state index < -0.39 is 12.0 Å². The van der Waals surface area contributed by atoms with Crippen LogP contribution in [0.2, 0.25) is 0 Å². The van der Waals surface area contributed by atoms with Gasteiger partial charge in [0.05, 0.1) is 7.11 Å². The smallest absolute Gasteiger partial charge is 0.328 e. The van der Waals surface area contributed by atoms with Crippen LogP contribution >= 0.6 is 0 Å². The van der Waals surface area contributed by atoms with Crippen LogP contribution in [-0.4, -0.2) is 30.0 Å². The Balaban J connectivity index is 2.20. The van der Waals surface area contributed by atoms with Crippen molar-refractivity contribution in [1.29, 1.82) is 0 Å². The molecule has 20 heavy (non-hydrogen) atoms. The van der Waals surface area contributed by atoms with Crippen molar-refractivity contribution in [3.8, 4) is 0 Å². The number of methoxy groups -OCH3 is 1. The number of aromatic nitrogens is 1. The van der Waals surface area contributed by atoms with Gasteiger partial charge in [-0.25, -0.2) is 4.79 Å². The summed E-state index contributed by atoms with van der Waals surface area (Å²) in [7, 11) is 1.31. The van der Waals surface area contributed by atoms with Gasteiger partial charge < -0.3 is 15.0 Å². The van der Waals surface area contributed by atoms with E-state index in [9.17, 15) is 9.59 Å². The number of hydrogen-bond acceptors (Lipinski definition) is 3. The van der Waals surface area contributed by atoms with Crippen LogP contribution in [0.25, 0.3) is 16.5 Å². The maximum atomic E-state index is 12.1. The largest absolute Gasteiger partial charge is 0.467 e. The van der Waals surface area contributed by atoms with Gasteiger partial charge >= 0.3 is 5.97 Å². The van der Waals surface area contributed by atoms with Crippen molar-refractivity contribution in [3.05, 3.63) is 42.1 Å². The minimum Gasteiger partial charge on any atom is -0.467 e. The average Bonchev–Trinajstić information content (AvgIpc) is 2.86. The first-order chi connectivity index (χ1) is 9.61. The lowest BCUT2D eigenvalue weighted by Gasteiger charge is -2.20. The first kappa shape index (κ1) is 12.5. The molecular formula is C15H14N2O3. The van der Waals surface area contributed by atoms with Gasteiger partial charge in [0.15, 0.2) is 0 Å². The second-order valence-corrected chi connectivity index (χ2v) is 4.77. The Labute approximate surface area is 115 Å². The molecule has 2 aromatic rings. The van der Waals surface area contributed by atoms with Crippen molar-refractivity contribution in [1.82, 2.24) is 10.3 Å². The number of benzene rings is 1. The number of esters is 1. The molecule has 0 radical (unpaired) electrons. The van der Waals surface area contributed by atoms with Gasteiger partial charge in [0.25, 0.3) is 5.91 Å². The van der Waals surface area contributed by atoms with E-state index in [1.807, 2.05) is 24.4 Å². The van der Waals surface area contributed by atoms with E-state index in [-0.39, 0.29) is 5.91 Å². The number of carbonyl (C=O) groups excluding carboxylic acids is 2. The molecule has 2 N–H and O–H groups in total. The molecule has 0 aliphatic carbocycles. The Morgan fingerprint density at radius 1 is 1.45 bits per heavy atom. The third-order valence-electron chi connectivity index (χ3n) is 3.60. The molecule has 0 saturated heterocycles. The maximum Gasteiger partial charge on any atom is 0.328 e. The number of amides is 1. The highest BCUT2D eigenvalue weighted by Crippen LogP contribution is 2.30. The minimum absolute atomic E-state index is 0.347. The Morgan fingerprint density at radius 3 is 3.00 bits per heavy atom. The third kappa shape index (κ3) is 1.79. The van der Waals surface area contributed by atoms with E-state index in [1.54, 1.807) is 0 Å². The number of H-pyrrole nitrogens is 1. The Morgan fingerprint density at radius 2 is 2.25 bits per heavy atom. The fraction of sp³-hybridized carbons (Fsp3) is 0.200. The topological polar surface area (TPSA) is 71.2 Å². The SMILES string of the molecule is C=C1C(=O)N[C@H](C(=O)OC)Cc2c[nH]c3cccc1c23. The lowest BCUT2D eigenvalue weighted by Crippen LogP contribution is -2.43. The number of ether oxygens (including phenoxy) is 1. The fourth-order valence-electron chi connectivity index (χ4n) is 2.59. The van der Waals surface area contributed by atoms with E-state index in [4.69, 9.17) is 4.74 Å². The number of aromatic amines is 1. The van der Waals surface area contributed by atoms with E-state index >= 15 is 0 Å². The highest BCUT2D eigenvalue weighted by molar-refractivity contribution is 6.23. The van der Waals surface area contributed by atoms with Gasteiger partial charge in [0.2, 0.25) is 0 Å². The lowest BCUT2D eigenvalue weighted by atomic mass is 9.94. The highest BCUT2D eigenvalue weighted by atomic mass is 16.5. The van der Waals surface area contributed by atoms with Crippen molar-refractivity contribution >= 4 is 28.4 Å². The predicted octanol–water partition coefficient (Wildman–Crippen LogP) is 1.39. The summed E-state index contributed by atoms with van der Waals surface area (Å²) in [5.41, 5.74) is 3.04. The summed E-state index contributed by atoms with van der Waals surface area (Å²) in [4.78, 5) is 27.1. The zero-order chi connectivity index (χ0) is 14.3. The molecule has 1 aromatic heterocycles. The quantitative estimate of drug-likeness (QED) is 0.607. The van der Waals surface area contributed by atoms with E-state index in [0.29, 0.717) is 12.0 Å². The van der Waals surface area contributed by atoms with Gasteiger partial charge in [-0.3, -0.25) is 4.79 Å². The van der Waals surface area contributed by atoms with Crippen molar-refractivity contribution in [3.63, 3.8) is 0 Å². The van der Waals surface area contributed by atoms with Crippen molar-refractivity contribution in [2.24, 2.45) is 0 Å². The molecule has 3 rings (SSSR count). The fourth-order valence-corrected chi connectivity index (χ4v) is 2.59. The minimum atomic E-state index is -0.698. The molecule has 0 saturated carbocycles. The van der Waals surface area contributed by atoms with Crippen LogP contribution in [0, 0.1) is 0 Å². The van der Waals surface area contributed by atoms with Gasteiger partial charge in [0, 0.05) is 29.1 Å². The van der Waals surface area contributed by atoms with Crippen LogP contribution in [-0.2, 0) is 20.7 Å². The van der Waals surface area contributed by atoms with Crippen LogP contribution in [0.4, 0.5) is 0 Å². The van der Waals surface area contributed by atoms with Crippen molar-refractivity contribution < 1.29 is 14.3 Å². The number of nitrogens with one attached hydrogen (secondary N) is 2. The normalized spacial score (nSPS) is 18.4. The number of hydrogen-bond donors (Lipinski definition) is 2. The van der Waals surface area contributed by atoms with Gasteiger partial charge in [-0.05, 0) is 17.2 Å². The Kier molecular flexibility index (Phi) is 2.82. The molecule has 0 fully saturated rings. The molecule has 1 aromatic carbocycles. The summed E-state index contributed by atoms with van der Waals surface area (Å²) in [6, 6.07) is 4.97. The molecular weight excluding hydrogens is 256 g/mol. The van der Waals surface area contributed by atoms with E-state index in [1.165, 1.54) is 7.11 Å². The van der Waals surface area contributed by atoms with E-state index in [2.05, 4.69) is 16.9 Å². The van der Waals surface area contributed by atoms with Crippen molar-refractivity contribution in [2.45, 2.75) is 12.5 Å². The van der Waals surface area contributed by atoms with Gasteiger partial charge in [-0.15, -0.1) is 0 Å². The molecule has 1 aliphatic rings. The van der Waals surface area contributed by atoms with Crippen LogP contribution < -0.4 is 5.32 Å². The Hall–Kier alpha value is -2.56. The van der Waals surface area contributed by atoms with Gasteiger partial charge in [-0.1, -0.05) is 18.7 Å². The molecule has 0 spiro atoms. The molecule has 102 valence electrons. The Bertz CT molecular complexity index is 730. The molecule has 1 atom stereocenters. The third-order valence-corrected chi connectivity index (χ3v) is 3.60. The summed E-state index contributed by atoms with van der Waals surface area (Å²) in [5, 5.41) is 3.61. The first-order valence-corrected chi connectivity index (χ1v) is 6.28. The van der Waals surface area contributed by atoms with Crippen LogP contribution in [0.1, 0.15) is 11.1 Å². The predicted molar refractivity (Wildman–Crippen MR) is 75.0 cm³/mol. The molecule has 0 bridgehead atoms. The van der Waals surface area contributed by atoms with Crippen LogP contribution in [0.5, 0.6) is 0 Å². The van der Waals surface area contributed by atoms with Crippen LogP contribution in [0.15, 0.2) is 31.0 Å². The van der Waals surface area contributed by atoms with Crippen molar-refractivity contribution in [2.75, 3.05) is 7.11 Å². The first-order valence-electron chi connectivity index (χ1n) is 6.28. The molecule has 2 heterocycles. The monoisotopic (exact) mass is 270 g/mol. The molecule has 5 nitrogen and oxygen atoms in total. The zero-order valence-electron chi connectivity index (χ0n) is 11.0. The summed E-state index contributed by atoms with van der Waals surface area (Å²) < 4.78 is 4.74. The van der Waals surface area contributed by atoms with Gasteiger partial charge in [0.1, 0.15) is 6.04 Å². The lowest BCUT2D eigenvalue weighted by molar-refractivity contribution is -0.144. The maximum absolute atomic E-state index is 12.1. The molecule has 1 amide bonds. The van der Waals surface area contributed by atoms with Gasteiger partial charge in [-0.2, -0.15) is 0 Å². The number of rotatable bonds is 1. The second kappa shape index (κ2) is 4.52. The highest BCUT2D eigenvalue weighted by Gasteiger charge is 2.28. The van der Waals surface area contributed by atoms with Crippen LogP contribution in [0.3, 0.4) is 0 Å². The molecule has 0 unspecified atom stereocenters.